The largest absolute Gasteiger partial charge is 0.444 e. The summed E-state index contributed by atoms with van der Waals surface area (Å²) in [5.41, 5.74) is 2.15. The van der Waals surface area contributed by atoms with Crippen LogP contribution in [0.3, 0.4) is 0 Å². The van der Waals surface area contributed by atoms with Crippen molar-refractivity contribution in [3.8, 4) is 0 Å². The first kappa shape index (κ1) is 27.3. The van der Waals surface area contributed by atoms with E-state index in [0.29, 0.717) is 30.3 Å². The van der Waals surface area contributed by atoms with E-state index in [2.05, 4.69) is 20.6 Å². The number of ether oxygens (including phenoxy) is 1. The molecule has 1 aliphatic heterocycles. The number of hydrogen-bond acceptors (Lipinski definition) is 7. The second-order valence-electron chi connectivity index (χ2n) is 11.2. The van der Waals surface area contributed by atoms with Crippen molar-refractivity contribution >= 4 is 29.1 Å². The normalized spacial score (nSPS) is 15.9. The Morgan fingerprint density at radius 3 is 2.77 bits per heavy atom. The summed E-state index contributed by atoms with van der Waals surface area (Å²) < 4.78 is 8.85. The molecule has 0 aliphatic carbocycles. The minimum atomic E-state index is -0.493. The number of nitrogens with one attached hydrogen (secondary N) is 2. The molecular formula is C29H35N7O4. The molecule has 1 unspecified atom stereocenters. The third kappa shape index (κ3) is 6.84. The predicted molar refractivity (Wildman–Crippen MR) is 151 cm³/mol. The molecule has 0 bridgehead atoms. The van der Waals surface area contributed by atoms with Crippen LogP contribution < -0.4 is 16.2 Å². The van der Waals surface area contributed by atoms with E-state index in [1.165, 1.54) is 10.5 Å². The van der Waals surface area contributed by atoms with Gasteiger partial charge in [-0.3, -0.25) is 14.0 Å². The van der Waals surface area contributed by atoms with Crippen LogP contribution in [0.15, 0.2) is 59.8 Å². The second-order valence-corrected chi connectivity index (χ2v) is 11.2. The molecule has 4 aromatic heterocycles. The predicted octanol–water partition coefficient (Wildman–Crippen LogP) is 3.26. The molecule has 0 saturated carbocycles. The fraction of sp³-hybridized carbons (Fsp3) is 0.414. The molecule has 0 spiro atoms. The van der Waals surface area contributed by atoms with Gasteiger partial charge >= 0.3 is 6.09 Å². The molecule has 1 aliphatic rings. The summed E-state index contributed by atoms with van der Waals surface area (Å²) in [7, 11) is 0. The monoisotopic (exact) mass is 545 g/mol. The SMILES string of the molecule is CC(C)(C)OC(=O)N1CCCC(CNCc2ccc3nc(CC(=O)Nc4cc(=O)n5ccccc5n4)cn3c2)C1. The Kier molecular flexibility index (Phi) is 7.83. The first-order valence-corrected chi connectivity index (χ1v) is 13.6. The summed E-state index contributed by atoms with van der Waals surface area (Å²) in [6, 6.07) is 10.5. The average Bonchev–Trinajstić information content (AvgIpc) is 3.29. The van der Waals surface area contributed by atoms with Crippen molar-refractivity contribution in [1.29, 1.82) is 0 Å². The van der Waals surface area contributed by atoms with Crippen molar-refractivity contribution in [2.24, 2.45) is 5.92 Å². The van der Waals surface area contributed by atoms with Gasteiger partial charge in [0.15, 0.2) is 0 Å². The number of amides is 2. The van der Waals surface area contributed by atoms with Crippen LogP contribution in [0.1, 0.15) is 44.9 Å². The van der Waals surface area contributed by atoms with Gasteiger partial charge in [-0.1, -0.05) is 12.1 Å². The summed E-state index contributed by atoms with van der Waals surface area (Å²) >= 11 is 0. The molecule has 11 nitrogen and oxygen atoms in total. The maximum absolute atomic E-state index is 12.6. The number of fused-ring (bicyclic) bond motifs is 2. The van der Waals surface area contributed by atoms with E-state index in [1.807, 2.05) is 54.6 Å². The van der Waals surface area contributed by atoms with Gasteiger partial charge in [-0.15, -0.1) is 0 Å². The number of rotatable bonds is 7. The summed E-state index contributed by atoms with van der Waals surface area (Å²) in [5.74, 6) is 0.285. The van der Waals surface area contributed by atoms with Gasteiger partial charge in [-0.2, -0.15) is 0 Å². The van der Waals surface area contributed by atoms with Gasteiger partial charge in [-0.05, 0) is 69.8 Å². The van der Waals surface area contributed by atoms with E-state index >= 15 is 0 Å². The number of likely N-dealkylation sites (tertiary alicyclic amines) is 1. The van der Waals surface area contributed by atoms with Gasteiger partial charge < -0.3 is 24.7 Å². The van der Waals surface area contributed by atoms with Crippen molar-refractivity contribution < 1.29 is 14.3 Å². The average molecular weight is 546 g/mol. The standard InChI is InChI=1S/C29H35N7O4/c1-29(2,3)40-28(39)34-11-6-7-20(17-34)15-30-16-21-9-10-24-31-22(19-35(24)18-21)13-26(37)33-23-14-27(38)36-12-5-4-8-25(36)32-23/h4-5,8-10,12,14,18-20,30H,6-7,11,13,15-17H2,1-3H3,(H,33,37). The molecule has 0 radical (unpaired) electrons. The molecular weight excluding hydrogens is 510 g/mol. The number of nitrogens with zero attached hydrogens (tertiary/aromatic N) is 5. The van der Waals surface area contributed by atoms with E-state index in [4.69, 9.17) is 4.74 Å². The Morgan fingerprint density at radius 1 is 1.10 bits per heavy atom. The molecule has 2 N–H and O–H groups in total. The molecule has 5 heterocycles. The van der Waals surface area contributed by atoms with Gasteiger partial charge in [0.1, 0.15) is 22.7 Å². The quantitative estimate of drug-likeness (QED) is 0.366. The van der Waals surface area contributed by atoms with Crippen molar-refractivity contribution in [2.75, 3.05) is 25.0 Å². The smallest absolute Gasteiger partial charge is 0.410 e. The van der Waals surface area contributed by atoms with Crippen LogP contribution in [0.25, 0.3) is 11.3 Å². The van der Waals surface area contributed by atoms with Crippen LogP contribution in [0.5, 0.6) is 0 Å². The fourth-order valence-corrected chi connectivity index (χ4v) is 4.89. The highest BCUT2D eigenvalue weighted by atomic mass is 16.6. The highest BCUT2D eigenvalue weighted by Gasteiger charge is 2.27. The zero-order valence-electron chi connectivity index (χ0n) is 23.1. The van der Waals surface area contributed by atoms with Gasteiger partial charge in [-0.25, -0.2) is 14.8 Å². The van der Waals surface area contributed by atoms with Crippen molar-refractivity contribution in [3.05, 3.63) is 76.6 Å². The first-order chi connectivity index (χ1) is 19.1. The van der Waals surface area contributed by atoms with E-state index in [-0.39, 0.29) is 29.8 Å². The summed E-state index contributed by atoms with van der Waals surface area (Å²) in [5, 5.41) is 6.22. The van der Waals surface area contributed by atoms with Crippen molar-refractivity contribution in [1.82, 2.24) is 29.0 Å². The van der Waals surface area contributed by atoms with Crippen LogP contribution >= 0.6 is 0 Å². The van der Waals surface area contributed by atoms with E-state index < -0.39 is 5.60 Å². The summed E-state index contributed by atoms with van der Waals surface area (Å²) in [6.07, 6.45) is 7.32. The molecule has 4 aromatic rings. The Hall–Kier alpha value is -4.25. The third-order valence-corrected chi connectivity index (χ3v) is 6.68. The number of imidazole rings is 1. The second kappa shape index (κ2) is 11.5. The van der Waals surface area contributed by atoms with Crippen LogP contribution in [0.2, 0.25) is 0 Å². The van der Waals surface area contributed by atoms with E-state index in [1.54, 1.807) is 24.4 Å². The van der Waals surface area contributed by atoms with Crippen molar-refractivity contribution in [3.63, 3.8) is 0 Å². The molecule has 40 heavy (non-hydrogen) atoms. The van der Waals surface area contributed by atoms with E-state index in [9.17, 15) is 14.4 Å². The van der Waals surface area contributed by atoms with Gasteiger partial charge in [0.05, 0.1) is 12.1 Å². The zero-order valence-corrected chi connectivity index (χ0v) is 23.1. The maximum Gasteiger partial charge on any atom is 0.410 e. The molecule has 5 rings (SSSR count). The van der Waals surface area contributed by atoms with E-state index in [0.717, 1.165) is 37.1 Å². The third-order valence-electron chi connectivity index (χ3n) is 6.68. The van der Waals surface area contributed by atoms with Crippen LogP contribution in [0, 0.1) is 5.92 Å². The Labute approximate surface area is 232 Å². The lowest BCUT2D eigenvalue weighted by Crippen LogP contribution is -2.45. The molecule has 1 saturated heterocycles. The van der Waals surface area contributed by atoms with Crippen LogP contribution in [-0.2, 0) is 22.5 Å². The minimum Gasteiger partial charge on any atom is -0.444 e. The Morgan fingerprint density at radius 2 is 1.95 bits per heavy atom. The number of aromatic nitrogens is 4. The lowest BCUT2D eigenvalue weighted by Gasteiger charge is -2.34. The number of hydrogen-bond donors (Lipinski definition) is 2. The Bertz CT molecular complexity index is 1590. The Balaban J connectivity index is 1.14. The summed E-state index contributed by atoms with van der Waals surface area (Å²) in [6.45, 7) is 8.56. The topological polar surface area (TPSA) is 122 Å². The number of carbonyl (C=O) groups excluding carboxylic acids is 2. The fourth-order valence-electron chi connectivity index (χ4n) is 4.89. The lowest BCUT2D eigenvalue weighted by molar-refractivity contribution is -0.115. The highest BCUT2D eigenvalue weighted by molar-refractivity contribution is 5.91. The number of anilines is 1. The molecule has 2 amide bonds. The molecule has 11 heteroatoms. The number of carbonyl (C=O) groups is 2. The van der Waals surface area contributed by atoms with Crippen LogP contribution in [0.4, 0.5) is 10.6 Å². The zero-order chi connectivity index (χ0) is 28.3. The first-order valence-electron chi connectivity index (χ1n) is 13.6. The molecule has 1 atom stereocenters. The van der Waals surface area contributed by atoms with Crippen molar-refractivity contribution in [2.45, 2.75) is 52.2 Å². The van der Waals surface area contributed by atoms with Gasteiger partial charge in [0.25, 0.3) is 5.56 Å². The maximum atomic E-state index is 12.6. The number of piperidine rings is 1. The minimum absolute atomic E-state index is 0.0565. The van der Waals surface area contributed by atoms with Gasteiger partial charge in [0.2, 0.25) is 5.91 Å². The lowest BCUT2D eigenvalue weighted by atomic mass is 9.98. The molecule has 0 aromatic carbocycles. The number of pyridine rings is 2. The van der Waals surface area contributed by atoms with Gasteiger partial charge in [0, 0.05) is 44.3 Å². The molecule has 210 valence electrons. The summed E-state index contributed by atoms with van der Waals surface area (Å²) in [4.78, 5) is 48.0. The van der Waals surface area contributed by atoms with Crippen LogP contribution in [-0.4, -0.2) is 60.9 Å². The highest BCUT2D eigenvalue weighted by Crippen LogP contribution is 2.19. The molecule has 1 fully saturated rings.